The van der Waals surface area contributed by atoms with Crippen molar-refractivity contribution in [1.29, 1.82) is 0 Å². The molecule has 0 spiro atoms. The molecule has 2 heterocycles. The van der Waals surface area contributed by atoms with E-state index < -0.39 is 25.2 Å². The lowest BCUT2D eigenvalue weighted by Gasteiger charge is -2.32. The summed E-state index contributed by atoms with van der Waals surface area (Å²) >= 11 is 7.06. The van der Waals surface area contributed by atoms with Crippen molar-refractivity contribution in [3.63, 3.8) is 0 Å². The number of pyridine rings is 1. The second-order valence-electron chi connectivity index (χ2n) is 4.29. The van der Waals surface area contributed by atoms with Crippen molar-refractivity contribution in [2.45, 2.75) is 10.3 Å². The molecule has 0 saturated carbocycles. The van der Waals surface area contributed by atoms with Crippen molar-refractivity contribution in [2.24, 2.45) is 0 Å². The molecule has 1 aromatic heterocycles. The first-order valence-electron chi connectivity index (χ1n) is 5.63. The van der Waals surface area contributed by atoms with Gasteiger partial charge in [0.15, 0.2) is 9.84 Å². The van der Waals surface area contributed by atoms with Crippen molar-refractivity contribution < 1.29 is 16.8 Å². The molecule has 1 unspecified atom stereocenters. The Kier molecular flexibility index (Phi) is 4.65. The Bertz CT molecular complexity index is 688. The number of hydrogen-bond donors (Lipinski definition) is 0. The Morgan fingerprint density at radius 3 is 2.60 bits per heavy atom. The number of thioether (sulfide) groups is 1. The highest BCUT2D eigenvalue weighted by molar-refractivity contribution is 8.01. The zero-order valence-electron chi connectivity index (χ0n) is 10.6. The Morgan fingerprint density at radius 1 is 1.35 bits per heavy atom. The summed E-state index contributed by atoms with van der Waals surface area (Å²) in [5.41, 5.74) is 0. The summed E-state index contributed by atoms with van der Waals surface area (Å²) in [6.45, 7) is 0.160. The van der Waals surface area contributed by atoms with Crippen LogP contribution >= 0.6 is 23.4 Å². The van der Waals surface area contributed by atoms with Gasteiger partial charge in [0.2, 0.25) is 10.0 Å². The summed E-state index contributed by atoms with van der Waals surface area (Å²) < 4.78 is 49.6. The lowest BCUT2D eigenvalue weighted by atomic mass is 10.5. The molecule has 0 N–H and O–H groups in total. The highest BCUT2D eigenvalue weighted by Gasteiger charge is 2.39. The van der Waals surface area contributed by atoms with Gasteiger partial charge in [0.25, 0.3) is 0 Å². The van der Waals surface area contributed by atoms with E-state index in [0.717, 1.165) is 16.8 Å². The minimum absolute atomic E-state index is 0.0533. The Morgan fingerprint density at radius 2 is 2.05 bits per heavy atom. The molecule has 2 rings (SSSR count). The minimum atomic E-state index is -3.89. The molecular weight excluding hydrogens is 344 g/mol. The Balaban J connectivity index is 2.43. The van der Waals surface area contributed by atoms with Gasteiger partial charge in [-0.1, -0.05) is 11.6 Å². The van der Waals surface area contributed by atoms with Crippen molar-refractivity contribution in [2.75, 3.05) is 24.3 Å². The van der Waals surface area contributed by atoms with E-state index in [4.69, 9.17) is 11.6 Å². The van der Waals surface area contributed by atoms with Gasteiger partial charge in [-0.2, -0.15) is 16.1 Å². The van der Waals surface area contributed by atoms with Crippen molar-refractivity contribution in [3.8, 4) is 0 Å². The van der Waals surface area contributed by atoms with Crippen LogP contribution in [0.3, 0.4) is 0 Å². The molecule has 1 saturated heterocycles. The van der Waals surface area contributed by atoms with E-state index in [1.807, 2.05) is 0 Å². The van der Waals surface area contributed by atoms with Crippen LogP contribution in [0.2, 0.25) is 5.15 Å². The van der Waals surface area contributed by atoms with Crippen molar-refractivity contribution in [1.82, 2.24) is 9.29 Å². The van der Waals surface area contributed by atoms with Gasteiger partial charge in [0.05, 0.1) is 0 Å². The molecule has 6 nitrogen and oxygen atoms in total. The van der Waals surface area contributed by atoms with Crippen LogP contribution in [0.5, 0.6) is 0 Å². The molecule has 1 aliphatic rings. The molecule has 0 radical (unpaired) electrons. The zero-order chi connectivity index (χ0) is 15.0. The standard InChI is InChI=1S/C10H13ClN2O4S3/c1-19(14,15)10-7-18-5-4-13(10)20(16,17)8-2-3-9(11)12-6-8/h2-3,6,10H,4-5,7H2,1H3. The molecule has 1 fully saturated rings. The van der Waals surface area contributed by atoms with E-state index in [0.29, 0.717) is 5.75 Å². The number of rotatable bonds is 3. The molecule has 112 valence electrons. The minimum Gasteiger partial charge on any atom is -0.243 e. The summed E-state index contributed by atoms with van der Waals surface area (Å²) in [7, 11) is -7.39. The monoisotopic (exact) mass is 356 g/mol. The number of sulfone groups is 1. The molecule has 1 aromatic rings. The van der Waals surface area contributed by atoms with Gasteiger partial charge in [-0.25, -0.2) is 21.8 Å². The maximum absolute atomic E-state index is 12.5. The van der Waals surface area contributed by atoms with Crippen LogP contribution in [-0.4, -0.2) is 55.8 Å². The molecule has 0 aromatic carbocycles. The fourth-order valence-electron chi connectivity index (χ4n) is 1.83. The van der Waals surface area contributed by atoms with Crippen LogP contribution in [-0.2, 0) is 19.9 Å². The van der Waals surface area contributed by atoms with Crippen LogP contribution < -0.4 is 0 Å². The zero-order valence-corrected chi connectivity index (χ0v) is 13.8. The smallest absolute Gasteiger partial charge is 0.243 e. The predicted molar refractivity (Wildman–Crippen MR) is 79.1 cm³/mol. The Labute approximate surface area is 127 Å². The van der Waals surface area contributed by atoms with E-state index in [1.165, 1.54) is 23.9 Å². The fourth-order valence-corrected chi connectivity index (χ4v) is 7.06. The highest BCUT2D eigenvalue weighted by atomic mass is 35.5. The first-order chi connectivity index (χ1) is 9.23. The van der Waals surface area contributed by atoms with Gasteiger partial charge in [0.1, 0.15) is 15.4 Å². The highest BCUT2D eigenvalue weighted by Crippen LogP contribution is 2.27. The van der Waals surface area contributed by atoms with Gasteiger partial charge in [0, 0.05) is 30.5 Å². The normalized spacial score (nSPS) is 21.8. The van der Waals surface area contributed by atoms with E-state index in [1.54, 1.807) is 0 Å². The van der Waals surface area contributed by atoms with Gasteiger partial charge < -0.3 is 0 Å². The summed E-state index contributed by atoms with van der Waals surface area (Å²) in [5.74, 6) is 0.797. The van der Waals surface area contributed by atoms with Crippen LogP contribution in [0.25, 0.3) is 0 Å². The summed E-state index contributed by atoms with van der Waals surface area (Å²) in [4.78, 5) is 3.68. The number of halogens is 1. The van der Waals surface area contributed by atoms with Gasteiger partial charge in [-0.05, 0) is 12.1 Å². The number of aromatic nitrogens is 1. The molecule has 20 heavy (non-hydrogen) atoms. The Hall–Kier alpha value is -0.350. The first-order valence-corrected chi connectivity index (χ1v) is 10.6. The second kappa shape index (κ2) is 5.80. The number of hydrogen-bond acceptors (Lipinski definition) is 6. The molecule has 0 bridgehead atoms. The third-order valence-corrected chi connectivity index (χ3v) is 7.73. The second-order valence-corrected chi connectivity index (χ2v) is 9.92. The van der Waals surface area contributed by atoms with Crippen molar-refractivity contribution >= 4 is 43.2 Å². The maximum Gasteiger partial charge on any atom is 0.245 e. The molecule has 10 heteroatoms. The summed E-state index contributed by atoms with van der Waals surface area (Å²) in [5, 5.41) is -0.861. The molecule has 0 aliphatic carbocycles. The topological polar surface area (TPSA) is 84.4 Å². The van der Waals surface area contributed by atoms with Crippen LogP contribution in [0, 0.1) is 0 Å². The molecular formula is C10H13ClN2O4S3. The van der Waals surface area contributed by atoms with Crippen LogP contribution in [0.15, 0.2) is 23.2 Å². The van der Waals surface area contributed by atoms with E-state index in [9.17, 15) is 16.8 Å². The SMILES string of the molecule is CS(=O)(=O)C1CSCCN1S(=O)(=O)c1ccc(Cl)nc1. The summed E-state index contributed by atoms with van der Waals surface area (Å²) in [6.07, 6.45) is 2.19. The quantitative estimate of drug-likeness (QED) is 0.746. The van der Waals surface area contributed by atoms with Crippen LogP contribution in [0.1, 0.15) is 0 Å². The van der Waals surface area contributed by atoms with E-state index >= 15 is 0 Å². The van der Waals surface area contributed by atoms with Crippen LogP contribution in [0.4, 0.5) is 0 Å². The third kappa shape index (κ3) is 3.28. The average molecular weight is 357 g/mol. The van der Waals surface area contributed by atoms with Gasteiger partial charge >= 0.3 is 0 Å². The number of nitrogens with zero attached hydrogens (tertiary/aromatic N) is 2. The molecule has 1 aliphatic heterocycles. The number of sulfonamides is 1. The third-order valence-electron chi connectivity index (χ3n) is 2.84. The van der Waals surface area contributed by atoms with Gasteiger partial charge in [-0.3, -0.25) is 0 Å². The predicted octanol–water partition coefficient (Wildman–Crippen LogP) is 0.843. The van der Waals surface area contributed by atoms with E-state index in [2.05, 4.69) is 4.98 Å². The lowest BCUT2D eigenvalue weighted by molar-refractivity contribution is 0.405. The van der Waals surface area contributed by atoms with Crippen molar-refractivity contribution in [3.05, 3.63) is 23.5 Å². The van der Waals surface area contributed by atoms with Gasteiger partial charge in [-0.15, -0.1) is 0 Å². The fraction of sp³-hybridized carbons (Fsp3) is 0.500. The maximum atomic E-state index is 12.5. The lowest BCUT2D eigenvalue weighted by Crippen LogP contribution is -2.49. The van der Waals surface area contributed by atoms with E-state index in [-0.39, 0.29) is 22.3 Å². The summed E-state index contributed by atoms with van der Waals surface area (Å²) in [6, 6.07) is 2.69. The first kappa shape index (κ1) is 16.0. The largest absolute Gasteiger partial charge is 0.245 e. The average Bonchev–Trinajstić information content (AvgIpc) is 2.38. The molecule has 0 amide bonds. The molecule has 1 atom stereocenters.